The van der Waals surface area contributed by atoms with Crippen LogP contribution in [0.3, 0.4) is 0 Å². The summed E-state index contributed by atoms with van der Waals surface area (Å²) >= 11 is 1.31. The highest BCUT2D eigenvalue weighted by atomic mass is 32.2. The highest BCUT2D eigenvalue weighted by Crippen LogP contribution is 2.34. The third-order valence-electron chi connectivity index (χ3n) is 4.84. The molecule has 1 heterocycles. The topological polar surface area (TPSA) is 104 Å². The lowest BCUT2D eigenvalue weighted by atomic mass is 10.1. The number of benzene rings is 2. The molecular formula is C22H22N2O5S. The minimum Gasteiger partial charge on any atom is -0.481 e. The predicted molar refractivity (Wildman–Crippen MR) is 115 cm³/mol. The number of carbonyl (C=O) groups is 4. The summed E-state index contributed by atoms with van der Waals surface area (Å²) in [7, 11) is 0. The Labute approximate surface area is 178 Å². The molecule has 3 rings (SSSR count). The van der Waals surface area contributed by atoms with Gasteiger partial charge in [-0.25, -0.2) is 4.90 Å². The van der Waals surface area contributed by atoms with Gasteiger partial charge in [0.15, 0.2) is 0 Å². The summed E-state index contributed by atoms with van der Waals surface area (Å²) in [5.41, 5.74) is 3.25. The van der Waals surface area contributed by atoms with Crippen LogP contribution in [0.5, 0.6) is 0 Å². The number of anilines is 2. The lowest BCUT2D eigenvalue weighted by Crippen LogP contribution is -2.31. The van der Waals surface area contributed by atoms with E-state index in [9.17, 15) is 19.2 Å². The van der Waals surface area contributed by atoms with Crippen LogP contribution < -0.4 is 10.2 Å². The van der Waals surface area contributed by atoms with E-state index in [1.165, 1.54) is 16.7 Å². The van der Waals surface area contributed by atoms with Crippen LogP contribution in [0.25, 0.3) is 0 Å². The van der Waals surface area contributed by atoms with Gasteiger partial charge in [-0.2, -0.15) is 0 Å². The zero-order chi connectivity index (χ0) is 21.8. The van der Waals surface area contributed by atoms with Gasteiger partial charge >= 0.3 is 5.97 Å². The van der Waals surface area contributed by atoms with E-state index in [1.54, 1.807) is 30.3 Å². The molecule has 1 aliphatic rings. The zero-order valence-corrected chi connectivity index (χ0v) is 17.5. The number of carboxylic acids is 1. The largest absolute Gasteiger partial charge is 0.481 e. The number of thioether (sulfide) groups is 1. The molecule has 0 saturated carbocycles. The van der Waals surface area contributed by atoms with Gasteiger partial charge in [0, 0.05) is 23.4 Å². The Morgan fingerprint density at radius 2 is 1.77 bits per heavy atom. The second kappa shape index (κ2) is 9.13. The van der Waals surface area contributed by atoms with Gasteiger partial charge in [0.1, 0.15) is 0 Å². The predicted octanol–water partition coefficient (Wildman–Crippen LogP) is 3.53. The van der Waals surface area contributed by atoms with Crippen molar-refractivity contribution < 1.29 is 24.3 Å². The number of aryl methyl sites for hydroxylation is 2. The van der Waals surface area contributed by atoms with Crippen LogP contribution in [0.2, 0.25) is 0 Å². The number of amides is 3. The third kappa shape index (κ3) is 5.07. The van der Waals surface area contributed by atoms with Crippen molar-refractivity contribution in [2.24, 2.45) is 0 Å². The Kier molecular flexibility index (Phi) is 6.56. The van der Waals surface area contributed by atoms with Gasteiger partial charge < -0.3 is 10.4 Å². The quantitative estimate of drug-likeness (QED) is 0.657. The van der Waals surface area contributed by atoms with Gasteiger partial charge in [-0.1, -0.05) is 6.07 Å². The van der Waals surface area contributed by atoms with Gasteiger partial charge in [0.2, 0.25) is 17.7 Å². The standard InChI is InChI=1S/C22H22N2O5S/c1-13-3-6-16(11-14(13)2)24-20(26)12-18(22(24)29)30-17-7-4-15(5-8-17)23-19(25)9-10-21(27)28/h3-8,11,18H,9-10,12H2,1-2H3,(H,23,25)(H,27,28)/t18-/m1/s1. The van der Waals surface area contributed by atoms with Crippen molar-refractivity contribution in [2.45, 2.75) is 43.3 Å². The minimum absolute atomic E-state index is 0.0984. The SMILES string of the molecule is Cc1ccc(N2C(=O)C[C@@H](Sc3ccc(NC(=O)CCC(=O)O)cc3)C2=O)cc1C. The summed E-state index contributed by atoms with van der Waals surface area (Å²) in [6.45, 7) is 3.92. The van der Waals surface area contributed by atoms with Crippen LogP contribution in [0.15, 0.2) is 47.4 Å². The first kappa shape index (κ1) is 21.6. The molecule has 8 heteroatoms. The molecule has 0 aromatic heterocycles. The van der Waals surface area contributed by atoms with Crippen molar-refractivity contribution in [2.75, 3.05) is 10.2 Å². The zero-order valence-electron chi connectivity index (χ0n) is 16.7. The second-order valence-electron chi connectivity index (χ2n) is 7.11. The van der Waals surface area contributed by atoms with Crippen LogP contribution >= 0.6 is 11.8 Å². The van der Waals surface area contributed by atoms with Crippen LogP contribution in [-0.2, 0) is 19.2 Å². The highest BCUT2D eigenvalue weighted by molar-refractivity contribution is 8.00. The number of carboxylic acid groups (broad SMARTS) is 1. The number of carbonyl (C=O) groups excluding carboxylic acids is 3. The molecule has 156 valence electrons. The maximum atomic E-state index is 12.8. The fraction of sp³-hybridized carbons (Fsp3) is 0.273. The van der Waals surface area contributed by atoms with E-state index >= 15 is 0 Å². The van der Waals surface area contributed by atoms with Gasteiger partial charge in [-0.05, 0) is 61.4 Å². The molecule has 0 unspecified atom stereocenters. The summed E-state index contributed by atoms with van der Waals surface area (Å²) < 4.78 is 0. The van der Waals surface area contributed by atoms with E-state index < -0.39 is 11.2 Å². The molecular weight excluding hydrogens is 404 g/mol. The number of aliphatic carboxylic acids is 1. The van der Waals surface area contributed by atoms with Crippen molar-refractivity contribution in [3.8, 4) is 0 Å². The first-order chi connectivity index (χ1) is 14.2. The molecule has 30 heavy (non-hydrogen) atoms. The fourth-order valence-corrected chi connectivity index (χ4v) is 4.11. The highest BCUT2D eigenvalue weighted by Gasteiger charge is 2.40. The van der Waals surface area contributed by atoms with Crippen molar-refractivity contribution in [3.05, 3.63) is 53.6 Å². The monoisotopic (exact) mass is 426 g/mol. The minimum atomic E-state index is -1.03. The molecule has 2 N–H and O–H groups in total. The van der Waals surface area contributed by atoms with Crippen molar-refractivity contribution in [1.82, 2.24) is 0 Å². The number of rotatable bonds is 7. The van der Waals surface area contributed by atoms with Gasteiger partial charge in [-0.15, -0.1) is 11.8 Å². The molecule has 1 saturated heterocycles. The first-order valence-electron chi connectivity index (χ1n) is 9.47. The van der Waals surface area contributed by atoms with Crippen LogP contribution in [0, 0.1) is 13.8 Å². The average Bonchev–Trinajstić information content (AvgIpc) is 2.97. The Balaban J connectivity index is 1.63. The van der Waals surface area contributed by atoms with Gasteiger partial charge in [0.25, 0.3) is 0 Å². The Hall–Kier alpha value is -3.13. The third-order valence-corrected chi connectivity index (χ3v) is 6.03. The van der Waals surface area contributed by atoms with E-state index in [-0.39, 0.29) is 37.0 Å². The molecule has 0 radical (unpaired) electrons. The van der Waals surface area contributed by atoms with Crippen molar-refractivity contribution in [3.63, 3.8) is 0 Å². The molecule has 1 fully saturated rings. The maximum absolute atomic E-state index is 12.8. The summed E-state index contributed by atoms with van der Waals surface area (Å²) in [5.74, 6) is -1.86. The molecule has 0 spiro atoms. The number of nitrogens with one attached hydrogen (secondary N) is 1. The second-order valence-corrected chi connectivity index (χ2v) is 8.39. The summed E-state index contributed by atoms with van der Waals surface area (Å²) in [6.07, 6.45) is -0.197. The van der Waals surface area contributed by atoms with Gasteiger partial charge in [0.05, 0.1) is 17.4 Å². The smallest absolute Gasteiger partial charge is 0.303 e. The number of hydrogen-bond acceptors (Lipinski definition) is 5. The molecule has 1 atom stereocenters. The molecule has 0 aliphatic carbocycles. The molecule has 2 aromatic carbocycles. The number of hydrogen-bond donors (Lipinski definition) is 2. The van der Waals surface area contributed by atoms with Crippen LogP contribution in [0.1, 0.15) is 30.4 Å². The van der Waals surface area contributed by atoms with Crippen molar-refractivity contribution >= 4 is 46.8 Å². The first-order valence-corrected chi connectivity index (χ1v) is 10.3. The van der Waals surface area contributed by atoms with Crippen LogP contribution in [-0.4, -0.2) is 34.0 Å². The molecule has 7 nitrogen and oxygen atoms in total. The van der Waals surface area contributed by atoms with E-state index in [0.717, 1.165) is 16.0 Å². The Bertz CT molecular complexity index is 1000. The fourth-order valence-electron chi connectivity index (χ4n) is 3.06. The van der Waals surface area contributed by atoms with E-state index in [4.69, 9.17) is 5.11 Å². The van der Waals surface area contributed by atoms with Gasteiger partial charge in [-0.3, -0.25) is 19.2 Å². The summed E-state index contributed by atoms with van der Waals surface area (Å²) in [6, 6.07) is 12.4. The maximum Gasteiger partial charge on any atom is 0.303 e. The molecule has 3 amide bonds. The number of imide groups is 1. The average molecular weight is 426 g/mol. The Morgan fingerprint density at radius 1 is 1.07 bits per heavy atom. The molecule has 1 aliphatic heterocycles. The van der Waals surface area contributed by atoms with E-state index in [1.807, 2.05) is 26.0 Å². The van der Waals surface area contributed by atoms with Crippen LogP contribution in [0.4, 0.5) is 11.4 Å². The molecule has 0 bridgehead atoms. The lowest BCUT2D eigenvalue weighted by molar-refractivity contribution is -0.138. The number of nitrogens with zero attached hydrogens (tertiary/aromatic N) is 1. The van der Waals surface area contributed by atoms with E-state index in [0.29, 0.717) is 11.4 Å². The lowest BCUT2D eigenvalue weighted by Gasteiger charge is -2.16. The van der Waals surface area contributed by atoms with Crippen molar-refractivity contribution in [1.29, 1.82) is 0 Å². The Morgan fingerprint density at radius 3 is 2.40 bits per heavy atom. The summed E-state index contributed by atoms with van der Waals surface area (Å²) in [4.78, 5) is 49.6. The van der Waals surface area contributed by atoms with E-state index in [2.05, 4.69) is 5.32 Å². The summed E-state index contributed by atoms with van der Waals surface area (Å²) in [5, 5.41) is 10.7. The normalized spacial score (nSPS) is 16.1. The molecule has 2 aromatic rings.